The lowest BCUT2D eigenvalue weighted by Crippen LogP contribution is -2.44. The number of benzene rings is 3. The minimum atomic E-state index is -0.561. The Morgan fingerprint density at radius 1 is 0.944 bits per heavy atom. The molecule has 0 N–H and O–H groups in total. The fraction of sp³-hybridized carbons (Fsp3) is 0.333. The van der Waals surface area contributed by atoms with Crippen LogP contribution in [0.2, 0.25) is 0 Å². The van der Waals surface area contributed by atoms with Crippen LogP contribution in [0.15, 0.2) is 72.8 Å². The van der Waals surface area contributed by atoms with E-state index in [1.807, 2.05) is 77.0 Å². The summed E-state index contributed by atoms with van der Waals surface area (Å²) in [6, 6.07) is 23.7. The highest BCUT2D eigenvalue weighted by atomic mass is 32.2. The van der Waals surface area contributed by atoms with Gasteiger partial charge in [-0.2, -0.15) is 11.8 Å². The van der Waals surface area contributed by atoms with Crippen LogP contribution in [0.1, 0.15) is 45.6 Å². The molecule has 0 bridgehead atoms. The summed E-state index contributed by atoms with van der Waals surface area (Å²) in [6.45, 7) is 6.08. The van der Waals surface area contributed by atoms with E-state index in [9.17, 15) is 9.59 Å². The molecule has 2 unspecified atom stereocenters. The maximum Gasteiger partial charge on any atom is 0.263 e. The Balaban J connectivity index is 1.47. The lowest BCUT2D eigenvalue weighted by atomic mass is 9.87. The van der Waals surface area contributed by atoms with Gasteiger partial charge >= 0.3 is 0 Å². The van der Waals surface area contributed by atoms with Crippen molar-refractivity contribution in [1.82, 2.24) is 9.80 Å². The van der Waals surface area contributed by atoms with Crippen molar-refractivity contribution in [1.29, 1.82) is 0 Å². The Morgan fingerprint density at radius 3 is 2.47 bits per heavy atom. The van der Waals surface area contributed by atoms with E-state index in [1.54, 1.807) is 0 Å². The predicted octanol–water partition coefficient (Wildman–Crippen LogP) is 5.13. The molecule has 2 aliphatic heterocycles. The number of hydrogen-bond acceptors (Lipinski definition) is 4. The van der Waals surface area contributed by atoms with E-state index < -0.39 is 6.10 Å². The number of carbonyl (C=O) groups excluding carboxylic acids is 2. The van der Waals surface area contributed by atoms with Gasteiger partial charge in [-0.3, -0.25) is 9.59 Å². The summed E-state index contributed by atoms with van der Waals surface area (Å²) in [5.74, 6) is 2.66. The van der Waals surface area contributed by atoms with E-state index >= 15 is 0 Å². The lowest BCUT2D eigenvalue weighted by molar-refractivity contribution is -0.137. The molecular weight excluding hydrogens is 468 g/mol. The van der Waals surface area contributed by atoms with Crippen LogP contribution in [0.25, 0.3) is 0 Å². The van der Waals surface area contributed by atoms with Crippen molar-refractivity contribution >= 4 is 23.6 Å². The third-order valence-corrected chi connectivity index (χ3v) is 7.91. The Labute approximate surface area is 217 Å². The molecule has 1 saturated heterocycles. The molecule has 0 spiro atoms. The maximum atomic E-state index is 13.6. The van der Waals surface area contributed by atoms with Crippen molar-refractivity contribution in [3.8, 4) is 5.75 Å². The number of amides is 2. The summed E-state index contributed by atoms with van der Waals surface area (Å²) < 4.78 is 6.18. The maximum absolute atomic E-state index is 13.6. The van der Waals surface area contributed by atoms with Crippen molar-refractivity contribution < 1.29 is 14.3 Å². The third kappa shape index (κ3) is 5.14. The first-order valence-corrected chi connectivity index (χ1v) is 13.8. The summed E-state index contributed by atoms with van der Waals surface area (Å²) in [5, 5.41) is 0. The molecule has 5 rings (SSSR count). The Bertz CT molecular complexity index is 1240. The molecule has 3 aromatic rings. The SMILES string of the molecule is Cc1cccc(C2c3cc(OC(C)C(=O)N4CCSCC4)ccc3CCN2C(=O)c2ccccc2)c1. The monoisotopic (exact) mass is 500 g/mol. The molecule has 36 heavy (non-hydrogen) atoms. The number of ether oxygens (including phenoxy) is 1. The summed E-state index contributed by atoms with van der Waals surface area (Å²) in [5.41, 5.74) is 5.18. The van der Waals surface area contributed by atoms with Crippen LogP contribution < -0.4 is 4.74 Å². The molecule has 2 aliphatic rings. The molecule has 2 atom stereocenters. The molecule has 0 radical (unpaired) electrons. The van der Waals surface area contributed by atoms with Crippen LogP contribution in [0, 0.1) is 6.92 Å². The number of hydrogen-bond donors (Lipinski definition) is 0. The summed E-state index contributed by atoms with van der Waals surface area (Å²) in [6.07, 6.45) is 0.213. The van der Waals surface area contributed by atoms with Crippen LogP contribution in [-0.4, -0.2) is 58.9 Å². The quantitative estimate of drug-likeness (QED) is 0.488. The molecule has 2 amide bonds. The van der Waals surface area contributed by atoms with Gasteiger partial charge in [-0.25, -0.2) is 0 Å². The van der Waals surface area contributed by atoms with Gasteiger partial charge in [-0.1, -0.05) is 54.1 Å². The zero-order chi connectivity index (χ0) is 25.1. The summed E-state index contributed by atoms with van der Waals surface area (Å²) in [7, 11) is 0. The van der Waals surface area contributed by atoms with Crippen LogP contribution in [0.3, 0.4) is 0 Å². The first-order valence-electron chi connectivity index (χ1n) is 12.6. The average molecular weight is 501 g/mol. The van der Waals surface area contributed by atoms with Crippen molar-refractivity contribution in [2.45, 2.75) is 32.4 Å². The second-order valence-corrected chi connectivity index (χ2v) is 10.7. The minimum Gasteiger partial charge on any atom is -0.481 e. The Kier molecular flexibility index (Phi) is 7.33. The first kappa shape index (κ1) is 24.4. The second kappa shape index (κ2) is 10.8. The van der Waals surface area contributed by atoms with Crippen molar-refractivity contribution in [3.05, 3.63) is 101 Å². The standard InChI is InChI=1S/C30H32N2O3S/c1-21-7-6-10-25(19-21)28-27-20-26(35-22(2)29(33)31-15-17-36-18-16-31)12-11-23(27)13-14-32(28)30(34)24-8-4-3-5-9-24/h3-12,19-20,22,28H,13-18H2,1-2H3. The van der Waals surface area contributed by atoms with E-state index in [-0.39, 0.29) is 17.9 Å². The zero-order valence-electron chi connectivity index (χ0n) is 20.9. The van der Waals surface area contributed by atoms with Gasteiger partial charge in [0.1, 0.15) is 5.75 Å². The zero-order valence-corrected chi connectivity index (χ0v) is 21.7. The van der Waals surface area contributed by atoms with Gasteiger partial charge < -0.3 is 14.5 Å². The topological polar surface area (TPSA) is 49.9 Å². The van der Waals surface area contributed by atoms with Crippen molar-refractivity contribution in [2.24, 2.45) is 0 Å². The summed E-state index contributed by atoms with van der Waals surface area (Å²) >= 11 is 1.88. The van der Waals surface area contributed by atoms with Crippen molar-refractivity contribution in [2.75, 3.05) is 31.1 Å². The van der Waals surface area contributed by atoms with E-state index in [0.717, 1.165) is 47.7 Å². The van der Waals surface area contributed by atoms with Crippen LogP contribution in [0.4, 0.5) is 0 Å². The average Bonchev–Trinajstić information content (AvgIpc) is 2.92. The van der Waals surface area contributed by atoms with E-state index in [0.29, 0.717) is 17.9 Å². The van der Waals surface area contributed by atoms with Gasteiger partial charge in [0.25, 0.3) is 11.8 Å². The van der Waals surface area contributed by atoms with E-state index in [2.05, 4.69) is 31.2 Å². The van der Waals surface area contributed by atoms with Gasteiger partial charge in [-0.05, 0) is 61.2 Å². The molecule has 186 valence electrons. The fourth-order valence-electron chi connectivity index (χ4n) is 5.13. The molecule has 2 heterocycles. The molecule has 5 nitrogen and oxygen atoms in total. The molecule has 1 fully saturated rings. The first-order chi connectivity index (χ1) is 17.5. The summed E-state index contributed by atoms with van der Waals surface area (Å²) in [4.78, 5) is 30.5. The van der Waals surface area contributed by atoms with Crippen LogP contribution in [0.5, 0.6) is 5.75 Å². The lowest BCUT2D eigenvalue weighted by Gasteiger charge is -2.38. The smallest absolute Gasteiger partial charge is 0.263 e. The highest BCUT2D eigenvalue weighted by Gasteiger charge is 2.33. The predicted molar refractivity (Wildman–Crippen MR) is 145 cm³/mol. The molecule has 0 saturated carbocycles. The van der Waals surface area contributed by atoms with E-state index in [4.69, 9.17) is 4.74 Å². The van der Waals surface area contributed by atoms with Crippen LogP contribution in [-0.2, 0) is 11.2 Å². The Hall–Kier alpha value is -3.25. The molecular formula is C30H32N2O3S. The van der Waals surface area contributed by atoms with Crippen LogP contribution >= 0.6 is 11.8 Å². The normalized spacial score (nSPS) is 18.3. The largest absolute Gasteiger partial charge is 0.481 e. The van der Waals surface area contributed by atoms with Gasteiger partial charge in [0.15, 0.2) is 6.10 Å². The van der Waals surface area contributed by atoms with Gasteiger partial charge in [0.05, 0.1) is 6.04 Å². The Morgan fingerprint density at radius 2 is 1.72 bits per heavy atom. The third-order valence-electron chi connectivity index (χ3n) is 6.97. The number of nitrogens with zero attached hydrogens (tertiary/aromatic N) is 2. The van der Waals surface area contributed by atoms with E-state index in [1.165, 1.54) is 5.56 Å². The second-order valence-electron chi connectivity index (χ2n) is 9.49. The molecule has 6 heteroatoms. The number of rotatable bonds is 5. The van der Waals surface area contributed by atoms with Gasteiger partial charge in [0, 0.05) is 36.7 Å². The number of thioether (sulfide) groups is 1. The highest BCUT2D eigenvalue weighted by molar-refractivity contribution is 7.99. The molecule has 0 aromatic heterocycles. The number of fused-ring (bicyclic) bond motifs is 1. The number of carbonyl (C=O) groups is 2. The molecule has 3 aromatic carbocycles. The van der Waals surface area contributed by atoms with Gasteiger partial charge in [0.2, 0.25) is 0 Å². The molecule has 0 aliphatic carbocycles. The van der Waals surface area contributed by atoms with Gasteiger partial charge in [-0.15, -0.1) is 0 Å². The number of aryl methyl sites for hydroxylation is 1. The highest BCUT2D eigenvalue weighted by Crippen LogP contribution is 2.38. The fourth-order valence-corrected chi connectivity index (χ4v) is 6.03. The minimum absolute atomic E-state index is 0.0191. The van der Waals surface area contributed by atoms with Crippen molar-refractivity contribution in [3.63, 3.8) is 0 Å².